The number of carbonyl (C=O) groups is 1. The molecule has 0 saturated carbocycles. The molecule has 0 amide bonds. The van der Waals surface area contributed by atoms with Gasteiger partial charge in [0.05, 0.1) is 28.4 Å². The lowest BCUT2D eigenvalue weighted by atomic mass is 10.2. The van der Waals surface area contributed by atoms with Crippen LogP contribution in [0.2, 0.25) is 0 Å². The second-order valence-corrected chi connectivity index (χ2v) is 9.71. The number of Topliss-reactive ketones (excluding diaryl/α,β-unsaturated/α-hetero) is 1. The maximum absolute atomic E-state index is 13.5. The van der Waals surface area contributed by atoms with Crippen molar-refractivity contribution < 1.29 is 13.9 Å². The minimum absolute atomic E-state index is 0.0326. The highest BCUT2D eigenvalue weighted by molar-refractivity contribution is 7.99. The Balaban J connectivity index is 1.45. The van der Waals surface area contributed by atoms with Crippen LogP contribution < -0.4 is 5.56 Å². The Kier molecular flexibility index (Phi) is 6.58. The van der Waals surface area contributed by atoms with E-state index in [0.29, 0.717) is 27.3 Å². The molecule has 8 heteroatoms. The highest BCUT2D eigenvalue weighted by atomic mass is 32.2. The van der Waals surface area contributed by atoms with E-state index in [2.05, 4.69) is 9.55 Å². The van der Waals surface area contributed by atoms with Crippen molar-refractivity contribution in [3.8, 4) is 5.69 Å². The molecule has 0 spiro atoms. The number of carbonyl (C=O) groups excluding carboxylic acids is 1. The summed E-state index contributed by atoms with van der Waals surface area (Å²) in [5.41, 5.74) is 3.42. The van der Waals surface area contributed by atoms with Gasteiger partial charge in [-0.3, -0.25) is 14.2 Å². The maximum Gasteiger partial charge on any atom is 0.266 e. The predicted octanol–water partition coefficient (Wildman–Crippen LogP) is 5.10. The van der Waals surface area contributed by atoms with Crippen molar-refractivity contribution >= 4 is 28.4 Å². The van der Waals surface area contributed by atoms with Crippen LogP contribution in [0, 0.1) is 19.7 Å². The molecule has 0 N–H and O–H groups in total. The number of halogens is 1. The standard InChI is InChI=1S/C27H26FN3O3S/c1-17-14-23(18(2)30(17)15-21-6-5-13-34-21)25(32)16-35-27-29-24-8-4-3-7-22(24)26(33)31(27)20-11-9-19(28)10-12-20/h3-4,7-12,14,21H,5-6,13,15-16H2,1-2H3/t21-/m1/s1. The maximum atomic E-state index is 13.5. The Morgan fingerprint density at radius 1 is 1.17 bits per heavy atom. The van der Waals surface area contributed by atoms with Crippen molar-refractivity contribution in [1.82, 2.24) is 14.1 Å². The third-order valence-corrected chi connectivity index (χ3v) is 7.38. The van der Waals surface area contributed by atoms with Crippen LogP contribution in [0.4, 0.5) is 4.39 Å². The van der Waals surface area contributed by atoms with E-state index in [0.717, 1.165) is 37.4 Å². The lowest BCUT2D eigenvalue weighted by Gasteiger charge is -2.15. The minimum atomic E-state index is -0.390. The van der Waals surface area contributed by atoms with Gasteiger partial charge in [0.25, 0.3) is 5.56 Å². The number of nitrogens with zero attached hydrogens (tertiary/aromatic N) is 3. The van der Waals surface area contributed by atoms with Crippen LogP contribution in [0.1, 0.15) is 34.6 Å². The van der Waals surface area contributed by atoms with Gasteiger partial charge in [-0.25, -0.2) is 9.37 Å². The molecule has 3 heterocycles. The van der Waals surface area contributed by atoms with E-state index in [9.17, 15) is 14.0 Å². The molecule has 0 bridgehead atoms. The zero-order chi connectivity index (χ0) is 24.5. The largest absolute Gasteiger partial charge is 0.376 e. The van der Waals surface area contributed by atoms with Gasteiger partial charge in [-0.1, -0.05) is 23.9 Å². The summed E-state index contributed by atoms with van der Waals surface area (Å²) >= 11 is 1.21. The number of thioether (sulfide) groups is 1. The average Bonchev–Trinajstić information content (AvgIpc) is 3.47. The normalized spacial score (nSPS) is 15.7. The van der Waals surface area contributed by atoms with E-state index in [-0.39, 0.29) is 23.2 Å². The predicted molar refractivity (Wildman–Crippen MR) is 135 cm³/mol. The van der Waals surface area contributed by atoms with Crippen LogP contribution in [0.5, 0.6) is 0 Å². The minimum Gasteiger partial charge on any atom is -0.376 e. The third-order valence-electron chi connectivity index (χ3n) is 6.45. The number of aryl methyl sites for hydroxylation is 1. The molecule has 180 valence electrons. The summed E-state index contributed by atoms with van der Waals surface area (Å²) in [4.78, 5) is 31.3. The molecule has 0 radical (unpaired) electrons. The first-order valence-corrected chi connectivity index (χ1v) is 12.6. The van der Waals surface area contributed by atoms with Crippen LogP contribution in [-0.4, -0.2) is 38.4 Å². The number of rotatable bonds is 7. The first-order chi connectivity index (χ1) is 16.9. The lowest BCUT2D eigenvalue weighted by Crippen LogP contribution is -2.22. The molecule has 1 atom stereocenters. The molecule has 1 aliphatic heterocycles. The van der Waals surface area contributed by atoms with E-state index < -0.39 is 5.82 Å². The van der Waals surface area contributed by atoms with Crippen molar-refractivity contribution in [3.05, 3.63) is 87.7 Å². The van der Waals surface area contributed by atoms with Crippen LogP contribution in [0.3, 0.4) is 0 Å². The Morgan fingerprint density at radius 3 is 2.69 bits per heavy atom. The summed E-state index contributed by atoms with van der Waals surface area (Å²) in [7, 11) is 0. The molecule has 0 unspecified atom stereocenters. The number of aromatic nitrogens is 3. The van der Waals surface area contributed by atoms with Crippen LogP contribution in [0.15, 0.2) is 64.5 Å². The molecule has 4 aromatic rings. The van der Waals surface area contributed by atoms with Crippen LogP contribution >= 0.6 is 11.8 Å². The Bertz CT molecular complexity index is 1450. The average molecular weight is 492 g/mol. The van der Waals surface area contributed by atoms with Crippen molar-refractivity contribution in [2.24, 2.45) is 0 Å². The quantitative estimate of drug-likeness (QED) is 0.205. The molecule has 2 aromatic heterocycles. The van der Waals surface area contributed by atoms with Gasteiger partial charge in [-0.05, 0) is 69.2 Å². The summed E-state index contributed by atoms with van der Waals surface area (Å²) in [6, 6.07) is 14.7. The number of benzene rings is 2. The first-order valence-electron chi connectivity index (χ1n) is 11.6. The molecule has 0 aliphatic carbocycles. The number of hydrogen-bond donors (Lipinski definition) is 0. The highest BCUT2D eigenvalue weighted by Crippen LogP contribution is 2.25. The fraction of sp³-hybridized carbons (Fsp3) is 0.296. The number of hydrogen-bond acceptors (Lipinski definition) is 5. The lowest BCUT2D eigenvalue weighted by molar-refractivity contribution is 0.0957. The zero-order valence-electron chi connectivity index (χ0n) is 19.7. The van der Waals surface area contributed by atoms with Gasteiger partial charge < -0.3 is 9.30 Å². The van der Waals surface area contributed by atoms with Gasteiger partial charge in [0.1, 0.15) is 5.82 Å². The third kappa shape index (κ3) is 4.68. The molecular weight excluding hydrogens is 465 g/mol. The molecule has 1 saturated heterocycles. The fourth-order valence-electron chi connectivity index (χ4n) is 4.59. The molecule has 1 aliphatic rings. The first kappa shape index (κ1) is 23.5. The SMILES string of the molecule is Cc1cc(C(=O)CSc2nc3ccccc3c(=O)n2-c2ccc(F)cc2)c(C)n1C[C@H]1CCCO1. The van der Waals surface area contributed by atoms with Crippen molar-refractivity contribution in [1.29, 1.82) is 0 Å². The second-order valence-electron chi connectivity index (χ2n) is 8.77. The van der Waals surface area contributed by atoms with Gasteiger partial charge in [-0.2, -0.15) is 0 Å². The van der Waals surface area contributed by atoms with Crippen molar-refractivity contribution in [2.75, 3.05) is 12.4 Å². The van der Waals surface area contributed by atoms with Gasteiger partial charge in [-0.15, -0.1) is 0 Å². The van der Waals surface area contributed by atoms with Gasteiger partial charge in [0.15, 0.2) is 10.9 Å². The van der Waals surface area contributed by atoms with E-state index >= 15 is 0 Å². The van der Waals surface area contributed by atoms with E-state index in [1.165, 1.54) is 40.6 Å². The zero-order valence-corrected chi connectivity index (χ0v) is 20.5. The molecule has 6 nitrogen and oxygen atoms in total. The highest BCUT2D eigenvalue weighted by Gasteiger charge is 2.22. The van der Waals surface area contributed by atoms with Gasteiger partial charge in [0.2, 0.25) is 0 Å². The van der Waals surface area contributed by atoms with Crippen LogP contribution in [0.25, 0.3) is 16.6 Å². The number of ether oxygens (including phenoxy) is 1. The number of fused-ring (bicyclic) bond motifs is 1. The fourth-order valence-corrected chi connectivity index (χ4v) is 5.49. The monoisotopic (exact) mass is 491 g/mol. The topological polar surface area (TPSA) is 66.1 Å². The summed E-state index contributed by atoms with van der Waals surface area (Å²) in [6.07, 6.45) is 2.29. The van der Waals surface area contributed by atoms with Crippen LogP contribution in [-0.2, 0) is 11.3 Å². The summed E-state index contributed by atoms with van der Waals surface area (Å²) in [5.74, 6) is -0.302. The van der Waals surface area contributed by atoms with E-state index in [1.807, 2.05) is 26.0 Å². The van der Waals surface area contributed by atoms with E-state index in [1.54, 1.807) is 18.2 Å². The Morgan fingerprint density at radius 2 is 1.94 bits per heavy atom. The number of ketones is 1. The summed E-state index contributed by atoms with van der Waals surface area (Å²) in [6.45, 7) is 5.50. The second kappa shape index (κ2) is 9.79. The Labute approximate surface area is 206 Å². The van der Waals surface area contributed by atoms with Crippen molar-refractivity contribution in [2.45, 2.75) is 44.5 Å². The van der Waals surface area contributed by atoms with Gasteiger partial charge >= 0.3 is 0 Å². The summed E-state index contributed by atoms with van der Waals surface area (Å²) < 4.78 is 22.9. The summed E-state index contributed by atoms with van der Waals surface area (Å²) in [5, 5.41) is 0.854. The molecular formula is C27H26FN3O3S. The Hall–Kier alpha value is -3.23. The number of para-hydroxylation sites is 1. The smallest absolute Gasteiger partial charge is 0.266 e. The molecule has 5 rings (SSSR count). The molecule has 1 fully saturated rings. The molecule has 2 aromatic carbocycles. The molecule has 35 heavy (non-hydrogen) atoms. The van der Waals surface area contributed by atoms with Gasteiger partial charge in [0, 0.05) is 30.1 Å². The van der Waals surface area contributed by atoms with E-state index in [4.69, 9.17) is 4.74 Å². The van der Waals surface area contributed by atoms with Crippen molar-refractivity contribution in [3.63, 3.8) is 0 Å².